The van der Waals surface area contributed by atoms with Crippen molar-refractivity contribution in [3.63, 3.8) is 0 Å². The van der Waals surface area contributed by atoms with Gasteiger partial charge in [-0.2, -0.15) is 0 Å². The second-order valence-electron chi connectivity index (χ2n) is 7.22. The van der Waals surface area contributed by atoms with Crippen LogP contribution in [0.3, 0.4) is 0 Å². The maximum absolute atomic E-state index is 12.5. The van der Waals surface area contributed by atoms with Crippen molar-refractivity contribution in [3.8, 4) is 0 Å². The molecule has 0 heterocycles. The predicted octanol–water partition coefficient (Wildman–Crippen LogP) is 3.15. The number of hydrogen-bond donors (Lipinski definition) is 2. The summed E-state index contributed by atoms with van der Waals surface area (Å²) in [6.45, 7) is -0.302. The number of amides is 2. The maximum atomic E-state index is 12.5. The molecule has 0 aliphatic heterocycles. The zero-order chi connectivity index (χ0) is 20.5. The van der Waals surface area contributed by atoms with Crippen molar-refractivity contribution in [1.82, 2.24) is 10.6 Å². The lowest BCUT2D eigenvalue weighted by Gasteiger charge is -2.19. The van der Waals surface area contributed by atoms with Gasteiger partial charge in [0.05, 0.1) is 12.5 Å². The molecule has 1 aliphatic carbocycles. The molecule has 0 radical (unpaired) electrons. The third-order valence-corrected chi connectivity index (χ3v) is 5.00. The molecular formula is C23H26N2O4. The van der Waals surface area contributed by atoms with Crippen LogP contribution in [0.25, 0.3) is 0 Å². The van der Waals surface area contributed by atoms with Crippen molar-refractivity contribution in [2.45, 2.75) is 44.2 Å². The molecule has 1 atom stereocenters. The summed E-state index contributed by atoms with van der Waals surface area (Å²) in [7, 11) is 0. The highest BCUT2D eigenvalue weighted by molar-refractivity contribution is 5.94. The molecule has 0 spiro atoms. The van der Waals surface area contributed by atoms with Crippen molar-refractivity contribution in [1.29, 1.82) is 0 Å². The predicted molar refractivity (Wildman–Crippen MR) is 109 cm³/mol. The Labute approximate surface area is 170 Å². The van der Waals surface area contributed by atoms with E-state index in [0.29, 0.717) is 5.56 Å². The van der Waals surface area contributed by atoms with Crippen LogP contribution >= 0.6 is 0 Å². The van der Waals surface area contributed by atoms with E-state index in [1.165, 1.54) is 0 Å². The fourth-order valence-corrected chi connectivity index (χ4v) is 3.48. The van der Waals surface area contributed by atoms with Gasteiger partial charge in [0.25, 0.3) is 11.8 Å². The van der Waals surface area contributed by atoms with Gasteiger partial charge in [0.15, 0.2) is 6.61 Å². The minimum absolute atomic E-state index is 0.0563. The molecule has 2 N–H and O–H groups in total. The van der Waals surface area contributed by atoms with Gasteiger partial charge in [0.1, 0.15) is 0 Å². The third kappa shape index (κ3) is 6.45. The van der Waals surface area contributed by atoms with Crippen LogP contribution in [0.2, 0.25) is 0 Å². The zero-order valence-electron chi connectivity index (χ0n) is 16.3. The Balaban J connectivity index is 1.57. The van der Waals surface area contributed by atoms with Crippen LogP contribution in [0.1, 0.15) is 54.1 Å². The summed E-state index contributed by atoms with van der Waals surface area (Å²) >= 11 is 0. The van der Waals surface area contributed by atoms with Crippen LogP contribution in [-0.2, 0) is 14.3 Å². The van der Waals surface area contributed by atoms with Gasteiger partial charge in [-0.25, -0.2) is 0 Å². The Morgan fingerprint density at radius 2 is 1.55 bits per heavy atom. The second-order valence-corrected chi connectivity index (χ2v) is 7.22. The highest BCUT2D eigenvalue weighted by Gasteiger charge is 2.22. The van der Waals surface area contributed by atoms with Crippen molar-refractivity contribution in [2.75, 3.05) is 6.61 Å². The van der Waals surface area contributed by atoms with E-state index in [0.717, 1.165) is 31.2 Å². The topological polar surface area (TPSA) is 84.5 Å². The lowest BCUT2D eigenvalue weighted by Crippen LogP contribution is -2.36. The molecule has 1 saturated carbocycles. The summed E-state index contributed by atoms with van der Waals surface area (Å²) in [5.41, 5.74) is 1.31. The first-order valence-corrected chi connectivity index (χ1v) is 9.97. The molecule has 3 rings (SSSR count). The molecule has 1 aliphatic rings. The van der Waals surface area contributed by atoms with Gasteiger partial charge in [-0.05, 0) is 30.5 Å². The minimum Gasteiger partial charge on any atom is -0.456 e. The van der Waals surface area contributed by atoms with Crippen LogP contribution in [-0.4, -0.2) is 30.4 Å². The number of ether oxygens (including phenoxy) is 1. The summed E-state index contributed by atoms with van der Waals surface area (Å²) in [5, 5.41) is 5.77. The van der Waals surface area contributed by atoms with Crippen molar-refractivity contribution < 1.29 is 19.1 Å². The van der Waals surface area contributed by atoms with E-state index < -0.39 is 12.0 Å². The van der Waals surface area contributed by atoms with Gasteiger partial charge in [-0.15, -0.1) is 0 Å². The molecular weight excluding hydrogens is 368 g/mol. The molecule has 0 saturated heterocycles. The van der Waals surface area contributed by atoms with E-state index in [1.54, 1.807) is 24.3 Å². The molecule has 29 heavy (non-hydrogen) atoms. The average molecular weight is 394 g/mol. The van der Waals surface area contributed by atoms with E-state index in [4.69, 9.17) is 4.74 Å². The van der Waals surface area contributed by atoms with E-state index in [2.05, 4.69) is 10.6 Å². The Morgan fingerprint density at radius 1 is 0.931 bits per heavy atom. The quantitative estimate of drug-likeness (QED) is 0.674. The smallest absolute Gasteiger partial charge is 0.308 e. The molecule has 152 valence electrons. The van der Waals surface area contributed by atoms with Crippen LogP contribution in [0.5, 0.6) is 0 Å². The molecule has 0 aromatic heterocycles. The summed E-state index contributed by atoms with van der Waals surface area (Å²) in [6.07, 6.45) is 4.12. The normalized spacial score (nSPS) is 14.8. The summed E-state index contributed by atoms with van der Waals surface area (Å²) in [6, 6.07) is 17.7. The van der Waals surface area contributed by atoms with E-state index in [9.17, 15) is 14.4 Å². The van der Waals surface area contributed by atoms with Gasteiger partial charge < -0.3 is 15.4 Å². The molecule has 6 nitrogen and oxygen atoms in total. The molecule has 2 aromatic carbocycles. The fourth-order valence-electron chi connectivity index (χ4n) is 3.48. The number of hydrogen-bond acceptors (Lipinski definition) is 4. The lowest BCUT2D eigenvalue weighted by molar-refractivity contribution is -0.149. The first kappa shape index (κ1) is 20.6. The average Bonchev–Trinajstić information content (AvgIpc) is 3.26. The third-order valence-electron chi connectivity index (χ3n) is 5.00. The molecule has 0 bridgehead atoms. The Kier molecular flexibility index (Phi) is 7.39. The molecule has 2 aromatic rings. The van der Waals surface area contributed by atoms with E-state index in [1.807, 2.05) is 36.4 Å². The van der Waals surface area contributed by atoms with E-state index >= 15 is 0 Å². The fraction of sp³-hybridized carbons (Fsp3) is 0.348. The van der Waals surface area contributed by atoms with Gasteiger partial charge in [0, 0.05) is 11.6 Å². The number of carbonyl (C=O) groups excluding carboxylic acids is 3. The lowest BCUT2D eigenvalue weighted by atomic mass is 10.0. The van der Waals surface area contributed by atoms with Gasteiger partial charge in [-0.1, -0.05) is 61.4 Å². The minimum atomic E-state index is -0.547. The second kappa shape index (κ2) is 10.4. The van der Waals surface area contributed by atoms with Crippen molar-refractivity contribution in [3.05, 3.63) is 71.8 Å². The van der Waals surface area contributed by atoms with Gasteiger partial charge in [-0.3, -0.25) is 14.4 Å². The largest absolute Gasteiger partial charge is 0.456 e. The summed E-state index contributed by atoms with van der Waals surface area (Å²) in [5.74, 6) is -1.09. The SMILES string of the molecule is O=C(COC(=O)C[C@@H](NC(=O)c1ccccc1)c1ccccc1)NC1CCCC1. The summed E-state index contributed by atoms with van der Waals surface area (Å²) in [4.78, 5) is 36.8. The maximum Gasteiger partial charge on any atom is 0.308 e. The highest BCUT2D eigenvalue weighted by Crippen LogP contribution is 2.19. The molecule has 1 fully saturated rings. The number of esters is 1. The van der Waals surface area contributed by atoms with Gasteiger partial charge >= 0.3 is 5.97 Å². The first-order chi connectivity index (χ1) is 14.1. The Morgan fingerprint density at radius 3 is 2.21 bits per heavy atom. The van der Waals surface area contributed by atoms with Crippen LogP contribution < -0.4 is 10.6 Å². The number of rotatable bonds is 8. The summed E-state index contributed by atoms with van der Waals surface area (Å²) < 4.78 is 5.15. The van der Waals surface area contributed by atoms with E-state index in [-0.39, 0.29) is 30.9 Å². The van der Waals surface area contributed by atoms with Crippen molar-refractivity contribution in [2.24, 2.45) is 0 Å². The Bertz CT molecular complexity index is 817. The number of benzene rings is 2. The van der Waals surface area contributed by atoms with Crippen LogP contribution in [0.4, 0.5) is 0 Å². The molecule has 6 heteroatoms. The molecule has 2 amide bonds. The number of nitrogens with one attached hydrogen (secondary N) is 2. The standard InChI is InChI=1S/C23H26N2O4/c26-21(24-19-13-7-8-14-19)16-29-22(27)15-20(17-9-3-1-4-10-17)25-23(28)18-11-5-2-6-12-18/h1-6,9-12,19-20H,7-8,13-16H2,(H,24,26)(H,25,28)/t20-/m1/s1. The van der Waals surface area contributed by atoms with Gasteiger partial charge in [0.2, 0.25) is 0 Å². The molecule has 0 unspecified atom stereocenters. The van der Waals surface area contributed by atoms with Crippen LogP contribution in [0.15, 0.2) is 60.7 Å². The van der Waals surface area contributed by atoms with Crippen molar-refractivity contribution >= 4 is 17.8 Å². The zero-order valence-corrected chi connectivity index (χ0v) is 16.3. The highest BCUT2D eigenvalue weighted by atomic mass is 16.5. The number of carbonyl (C=O) groups is 3. The van der Waals surface area contributed by atoms with Crippen LogP contribution in [0, 0.1) is 0 Å². The first-order valence-electron chi connectivity index (χ1n) is 9.97. The monoisotopic (exact) mass is 394 g/mol. The Hall–Kier alpha value is -3.15.